The molecule has 0 fully saturated rings. The van der Waals surface area contributed by atoms with Crippen molar-refractivity contribution in [2.75, 3.05) is 14.2 Å². The van der Waals surface area contributed by atoms with E-state index in [9.17, 15) is 4.79 Å². The van der Waals surface area contributed by atoms with Crippen LogP contribution in [-0.2, 0) is 7.05 Å². The fourth-order valence-corrected chi connectivity index (χ4v) is 2.84. The smallest absolute Gasteiger partial charge is 0.334 e. The van der Waals surface area contributed by atoms with Gasteiger partial charge in [0.05, 0.1) is 25.6 Å². The largest absolute Gasteiger partial charge is 0.497 e. The first-order valence-corrected chi connectivity index (χ1v) is 8.16. The third kappa shape index (κ3) is 3.13. The first kappa shape index (κ1) is 17.5. The van der Waals surface area contributed by atoms with E-state index in [4.69, 9.17) is 9.47 Å². The van der Waals surface area contributed by atoms with Crippen molar-refractivity contribution in [1.82, 2.24) is 9.13 Å². The maximum absolute atomic E-state index is 12.6. The van der Waals surface area contributed by atoms with E-state index >= 15 is 0 Å². The minimum Gasteiger partial charge on any atom is -0.497 e. The van der Waals surface area contributed by atoms with E-state index in [0.29, 0.717) is 17.3 Å². The molecule has 6 heteroatoms. The molecule has 0 N–H and O–H groups in total. The van der Waals surface area contributed by atoms with Gasteiger partial charge in [-0.25, -0.2) is 9.79 Å². The van der Waals surface area contributed by atoms with Gasteiger partial charge in [-0.1, -0.05) is 18.2 Å². The maximum Gasteiger partial charge on any atom is 0.334 e. The molecular formula is C20H21N3O3. The minimum absolute atomic E-state index is 0.137. The first-order chi connectivity index (χ1) is 12.6. The van der Waals surface area contributed by atoms with Crippen LogP contribution in [0.5, 0.6) is 11.5 Å². The number of nitrogens with zero attached hydrogens (tertiary/aromatic N) is 3. The van der Waals surface area contributed by atoms with Gasteiger partial charge < -0.3 is 9.47 Å². The van der Waals surface area contributed by atoms with Gasteiger partial charge in [-0.05, 0) is 31.2 Å². The third-order valence-corrected chi connectivity index (χ3v) is 4.24. The zero-order valence-corrected chi connectivity index (χ0v) is 15.3. The number of aromatic nitrogens is 2. The van der Waals surface area contributed by atoms with Crippen molar-refractivity contribution in [3.05, 3.63) is 70.3 Å². The molecule has 0 radical (unpaired) electrons. The van der Waals surface area contributed by atoms with Gasteiger partial charge in [-0.3, -0.25) is 9.13 Å². The molecule has 3 aromatic rings. The van der Waals surface area contributed by atoms with Crippen LogP contribution in [0.2, 0.25) is 0 Å². The van der Waals surface area contributed by atoms with Gasteiger partial charge >= 0.3 is 5.69 Å². The van der Waals surface area contributed by atoms with Crippen LogP contribution in [-0.4, -0.2) is 29.6 Å². The monoisotopic (exact) mass is 351 g/mol. The normalized spacial score (nSPS) is 11.1. The molecule has 0 aliphatic heterocycles. The lowest BCUT2D eigenvalue weighted by Crippen LogP contribution is -2.21. The van der Waals surface area contributed by atoms with Crippen LogP contribution < -0.4 is 15.2 Å². The second kappa shape index (κ2) is 7.31. The highest BCUT2D eigenvalue weighted by Crippen LogP contribution is 2.25. The average Bonchev–Trinajstić information content (AvgIpc) is 2.89. The molecule has 26 heavy (non-hydrogen) atoms. The molecule has 0 atom stereocenters. The van der Waals surface area contributed by atoms with Gasteiger partial charge in [0.15, 0.2) is 5.82 Å². The summed E-state index contributed by atoms with van der Waals surface area (Å²) in [5, 5.41) is 0. The molecule has 0 aliphatic carbocycles. The molecule has 0 saturated heterocycles. The maximum atomic E-state index is 12.6. The van der Waals surface area contributed by atoms with Crippen LogP contribution in [0.4, 0.5) is 5.82 Å². The highest BCUT2D eigenvalue weighted by molar-refractivity contribution is 5.85. The lowest BCUT2D eigenvalue weighted by Gasteiger charge is -2.07. The second-order valence-corrected chi connectivity index (χ2v) is 5.79. The van der Waals surface area contributed by atoms with Gasteiger partial charge in [-0.2, -0.15) is 0 Å². The molecule has 0 aliphatic rings. The number of hydrogen-bond acceptors (Lipinski definition) is 4. The Hall–Kier alpha value is -3.28. The molecule has 0 bridgehead atoms. The number of para-hydroxylation sites is 1. The van der Waals surface area contributed by atoms with Crippen molar-refractivity contribution in [3.8, 4) is 17.2 Å². The Morgan fingerprint density at radius 2 is 1.77 bits per heavy atom. The molecule has 1 aromatic heterocycles. The minimum atomic E-state index is -0.137. The van der Waals surface area contributed by atoms with Crippen LogP contribution >= 0.6 is 0 Å². The lowest BCUT2D eigenvalue weighted by atomic mass is 10.2. The van der Waals surface area contributed by atoms with E-state index in [0.717, 1.165) is 16.9 Å². The SMILES string of the molecule is COc1ccc(C=Nc2c(C)n(-c3ccccc3)c(=O)n2C)c(OC)c1. The van der Waals surface area contributed by atoms with E-state index in [1.165, 1.54) is 4.57 Å². The van der Waals surface area contributed by atoms with E-state index in [-0.39, 0.29) is 5.69 Å². The standard InChI is InChI=1S/C20H21N3O3/c1-14-19(21-13-15-10-11-17(25-3)12-18(15)26-4)22(2)20(24)23(14)16-8-6-5-7-9-16/h5-13H,1-4H3. The molecule has 0 spiro atoms. The average molecular weight is 351 g/mol. The third-order valence-electron chi connectivity index (χ3n) is 4.24. The molecule has 2 aromatic carbocycles. The summed E-state index contributed by atoms with van der Waals surface area (Å²) in [5.74, 6) is 1.95. The topological polar surface area (TPSA) is 57.8 Å². The molecule has 6 nitrogen and oxygen atoms in total. The zero-order valence-electron chi connectivity index (χ0n) is 15.3. The number of benzene rings is 2. The van der Waals surface area contributed by atoms with Crippen LogP contribution in [0.15, 0.2) is 58.3 Å². The fourth-order valence-electron chi connectivity index (χ4n) is 2.84. The molecule has 1 heterocycles. The first-order valence-electron chi connectivity index (χ1n) is 8.16. The summed E-state index contributed by atoms with van der Waals surface area (Å²) < 4.78 is 13.8. The van der Waals surface area contributed by atoms with Crippen LogP contribution in [0.1, 0.15) is 11.3 Å². The van der Waals surface area contributed by atoms with Gasteiger partial charge in [0.1, 0.15) is 11.5 Å². The Morgan fingerprint density at radius 3 is 2.42 bits per heavy atom. The predicted molar refractivity (Wildman–Crippen MR) is 103 cm³/mol. The zero-order chi connectivity index (χ0) is 18.7. The Kier molecular flexibility index (Phi) is 4.93. The number of rotatable bonds is 5. The van der Waals surface area contributed by atoms with Gasteiger partial charge in [0.2, 0.25) is 0 Å². The van der Waals surface area contributed by atoms with Gasteiger partial charge in [0.25, 0.3) is 0 Å². The van der Waals surface area contributed by atoms with E-state index in [1.807, 2.05) is 49.4 Å². The summed E-state index contributed by atoms with van der Waals surface area (Å²) in [6.45, 7) is 1.88. The number of ether oxygens (including phenoxy) is 2. The number of methoxy groups -OCH3 is 2. The van der Waals surface area contributed by atoms with Crippen LogP contribution in [0.3, 0.4) is 0 Å². The number of hydrogen-bond donors (Lipinski definition) is 0. The number of aliphatic imine (C=N–C) groups is 1. The molecule has 134 valence electrons. The summed E-state index contributed by atoms with van der Waals surface area (Å²) in [6.07, 6.45) is 1.69. The fraction of sp³-hybridized carbons (Fsp3) is 0.200. The molecule has 0 saturated carbocycles. The van der Waals surface area contributed by atoms with Crippen LogP contribution in [0.25, 0.3) is 5.69 Å². The lowest BCUT2D eigenvalue weighted by molar-refractivity contribution is 0.394. The van der Waals surface area contributed by atoms with E-state index < -0.39 is 0 Å². The quantitative estimate of drug-likeness (QED) is 0.663. The number of imidazole rings is 1. The van der Waals surface area contributed by atoms with Crippen molar-refractivity contribution in [1.29, 1.82) is 0 Å². The van der Waals surface area contributed by atoms with Crippen molar-refractivity contribution in [3.63, 3.8) is 0 Å². The molecule has 3 rings (SSSR count). The van der Waals surface area contributed by atoms with Crippen molar-refractivity contribution < 1.29 is 9.47 Å². The summed E-state index contributed by atoms with van der Waals surface area (Å²) in [6, 6.07) is 15.0. The molecule has 0 amide bonds. The Bertz CT molecular complexity index is 1000. The summed E-state index contributed by atoms with van der Waals surface area (Å²) in [7, 11) is 4.92. The van der Waals surface area contributed by atoms with E-state index in [1.54, 1.807) is 38.1 Å². The molecule has 0 unspecified atom stereocenters. The Morgan fingerprint density at radius 1 is 1.04 bits per heavy atom. The summed E-state index contributed by atoms with van der Waals surface area (Å²) in [4.78, 5) is 17.2. The summed E-state index contributed by atoms with van der Waals surface area (Å²) >= 11 is 0. The van der Waals surface area contributed by atoms with Gasteiger partial charge in [-0.15, -0.1) is 0 Å². The van der Waals surface area contributed by atoms with Crippen molar-refractivity contribution >= 4 is 12.0 Å². The Balaban J connectivity index is 2.04. The molecular weight excluding hydrogens is 330 g/mol. The van der Waals surface area contributed by atoms with E-state index in [2.05, 4.69) is 4.99 Å². The summed E-state index contributed by atoms with van der Waals surface area (Å²) in [5.41, 5.74) is 2.25. The predicted octanol–water partition coefficient (Wildman–Crippen LogP) is 3.25. The van der Waals surface area contributed by atoms with Crippen molar-refractivity contribution in [2.24, 2.45) is 12.0 Å². The van der Waals surface area contributed by atoms with Crippen LogP contribution in [0, 0.1) is 6.92 Å². The second-order valence-electron chi connectivity index (χ2n) is 5.79. The van der Waals surface area contributed by atoms with Crippen molar-refractivity contribution in [2.45, 2.75) is 6.92 Å². The Labute approximate surface area is 152 Å². The van der Waals surface area contributed by atoms with Gasteiger partial charge in [0, 0.05) is 24.9 Å². The highest BCUT2D eigenvalue weighted by Gasteiger charge is 2.15. The highest BCUT2D eigenvalue weighted by atomic mass is 16.5.